The molecular weight excluding hydrogens is 274 g/mol. The van der Waals surface area contributed by atoms with Gasteiger partial charge in [0.25, 0.3) is 0 Å². The van der Waals surface area contributed by atoms with Gasteiger partial charge in [-0.15, -0.1) is 0 Å². The molecule has 0 unspecified atom stereocenters. The second kappa shape index (κ2) is 7.27. The summed E-state index contributed by atoms with van der Waals surface area (Å²) >= 11 is 0. The van der Waals surface area contributed by atoms with Crippen LogP contribution in [0.5, 0.6) is 5.75 Å². The lowest BCUT2D eigenvalue weighted by molar-refractivity contribution is 0.363. The van der Waals surface area contributed by atoms with E-state index in [1.807, 2.05) is 23.9 Å². The van der Waals surface area contributed by atoms with E-state index in [2.05, 4.69) is 49.9 Å². The summed E-state index contributed by atoms with van der Waals surface area (Å²) in [4.78, 5) is 0. The number of rotatable bonds is 7. The summed E-state index contributed by atoms with van der Waals surface area (Å²) in [5.41, 5.74) is 4.82. The van der Waals surface area contributed by atoms with Crippen molar-refractivity contribution < 1.29 is 4.74 Å². The van der Waals surface area contributed by atoms with E-state index in [1.54, 1.807) is 6.08 Å². The summed E-state index contributed by atoms with van der Waals surface area (Å²) in [6.45, 7) is 11.3. The fraction of sp³-hybridized carbons (Fsp3) is 0.389. The minimum atomic E-state index is 0.269. The van der Waals surface area contributed by atoms with Crippen LogP contribution in [0, 0.1) is 13.8 Å². The Morgan fingerprint density at radius 1 is 1.32 bits per heavy atom. The van der Waals surface area contributed by atoms with Crippen molar-refractivity contribution in [3.63, 3.8) is 0 Å². The van der Waals surface area contributed by atoms with Crippen LogP contribution in [-0.2, 0) is 13.6 Å². The van der Waals surface area contributed by atoms with Crippen molar-refractivity contribution in [2.24, 2.45) is 7.05 Å². The molecule has 1 aromatic heterocycles. The monoisotopic (exact) mass is 299 g/mol. The molecule has 1 atom stereocenters. The van der Waals surface area contributed by atoms with Crippen LogP contribution >= 0.6 is 0 Å². The maximum absolute atomic E-state index is 5.49. The van der Waals surface area contributed by atoms with Gasteiger partial charge >= 0.3 is 0 Å². The Morgan fingerprint density at radius 3 is 2.55 bits per heavy atom. The van der Waals surface area contributed by atoms with E-state index < -0.39 is 0 Å². The lowest BCUT2D eigenvalue weighted by Gasteiger charge is -2.15. The third-order valence-electron chi connectivity index (χ3n) is 3.90. The zero-order chi connectivity index (χ0) is 16.1. The largest absolute Gasteiger partial charge is 0.490 e. The van der Waals surface area contributed by atoms with Crippen LogP contribution < -0.4 is 10.1 Å². The molecule has 1 heterocycles. The number of ether oxygens (including phenoxy) is 1. The molecule has 4 nitrogen and oxygen atoms in total. The highest BCUT2D eigenvalue weighted by atomic mass is 16.5. The molecule has 118 valence electrons. The van der Waals surface area contributed by atoms with E-state index in [4.69, 9.17) is 4.74 Å². The third kappa shape index (κ3) is 3.77. The topological polar surface area (TPSA) is 39.1 Å². The molecule has 0 aliphatic rings. The molecule has 0 saturated carbocycles. The standard InChI is InChI=1S/C18H25N3O/c1-6-11-22-17-9-7-16(8-10-17)12-19-13(2)18-14(3)20-21(5)15(18)4/h6-10,13,19H,1,11-12H2,2-5H3/t13-/m0/s1. The molecule has 0 radical (unpaired) electrons. The summed E-state index contributed by atoms with van der Waals surface area (Å²) in [6.07, 6.45) is 1.75. The van der Waals surface area contributed by atoms with E-state index >= 15 is 0 Å². The molecule has 0 bridgehead atoms. The number of aryl methyl sites for hydroxylation is 2. The zero-order valence-electron chi connectivity index (χ0n) is 13.9. The van der Waals surface area contributed by atoms with Gasteiger partial charge in [-0.1, -0.05) is 24.8 Å². The van der Waals surface area contributed by atoms with Gasteiger partial charge in [-0.2, -0.15) is 5.10 Å². The van der Waals surface area contributed by atoms with Gasteiger partial charge in [0.2, 0.25) is 0 Å². The van der Waals surface area contributed by atoms with Gasteiger partial charge in [-0.25, -0.2) is 0 Å². The van der Waals surface area contributed by atoms with Gasteiger partial charge in [0.05, 0.1) is 5.69 Å². The molecule has 1 N–H and O–H groups in total. The van der Waals surface area contributed by atoms with Crippen molar-refractivity contribution in [3.05, 3.63) is 59.4 Å². The van der Waals surface area contributed by atoms with Crippen LogP contribution in [0.4, 0.5) is 0 Å². The predicted molar refractivity (Wildman–Crippen MR) is 90.1 cm³/mol. The highest BCUT2D eigenvalue weighted by Gasteiger charge is 2.15. The van der Waals surface area contributed by atoms with Gasteiger partial charge in [-0.3, -0.25) is 4.68 Å². The van der Waals surface area contributed by atoms with E-state index in [9.17, 15) is 0 Å². The first-order chi connectivity index (χ1) is 10.5. The van der Waals surface area contributed by atoms with Crippen LogP contribution in [0.25, 0.3) is 0 Å². The first-order valence-electron chi connectivity index (χ1n) is 7.59. The fourth-order valence-electron chi connectivity index (χ4n) is 2.65. The normalized spacial score (nSPS) is 12.2. The molecule has 22 heavy (non-hydrogen) atoms. The second-order valence-corrected chi connectivity index (χ2v) is 5.55. The number of nitrogens with one attached hydrogen (secondary N) is 1. The van der Waals surface area contributed by atoms with Gasteiger partial charge in [0.15, 0.2) is 0 Å². The van der Waals surface area contributed by atoms with E-state index in [0.29, 0.717) is 6.61 Å². The lowest BCUT2D eigenvalue weighted by Crippen LogP contribution is -2.19. The average Bonchev–Trinajstić information content (AvgIpc) is 2.76. The van der Waals surface area contributed by atoms with E-state index in [0.717, 1.165) is 18.0 Å². The number of hydrogen-bond donors (Lipinski definition) is 1. The number of nitrogens with zero attached hydrogens (tertiary/aromatic N) is 2. The fourth-order valence-corrected chi connectivity index (χ4v) is 2.65. The van der Waals surface area contributed by atoms with E-state index in [1.165, 1.54) is 16.8 Å². The predicted octanol–water partition coefficient (Wildman–Crippen LogP) is 3.45. The first kappa shape index (κ1) is 16.3. The highest BCUT2D eigenvalue weighted by Crippen LogP contribution is 2.21. The van der Waals surface area contributed by atoms with Crippen LogP contribution in [-0.4, -0.2) is 16.4 Å². The Bertz CT molecular complexity index is 629. The Kier molecular flexibility index (Phi) is 5.39. The minimum Gasteiger partial charge on any atom is -0.490 e. The molecule has 2 aromatic rings. The van der Waals surface area contributed by atoms with Crippen LogP contribution in [0.15, 0.2) is 36.9 Å². The van der Waals surface area contributed by atoms with Gasteiger partial charge in [0.1, 0.15) is 12.4 Å². The van der Waals surface area contributed by atoms with Crippen molar-refractivity contribution in [1.82, 2.24) is 15.1 Å². The Balaban J connectivity index is 1.96. The van der Waals surface area contributed by atoms with Gasteiger partial charge in [0, 0.05) is 30.9 Å². The molecule has 0 fully saturated rings. The number of benzene rings is 1. The van der Waals surface area contributed by atoms with Crippen LogP contribution in [0.2, 0.25) is 0 Å². The molecule has 0 saturated heterocycles. The summed E-state index contributed by atoms with van der Waals surface area (Å²) in [5, 5.41) is 8.04. The average molecular weight is 299 g/mol. The molecule has 2 rings (SSSR count). The molecule has 0 aliphatic heterocycles. The quantitative estimate of drug-likeness (QED) is 0.796. The van der Waals surface area contributed by atoms with Crippen molar-refractivity contribution in [1.29, 1.82) is 0 Å². The van der Waals surface area contributed by atoms with Crippen molar-refractivity contribution in [3.8, 4) is 5.75 Å². The Hall–Kier alpha value is -2.07. The molecule has 0 amide bonds. The maximum atomic E-state index is 5.49. The third-order valence-corrected chi connectivity index (χ3v) is 3.90. The molecule has 0 aliphatic carbocycles. The Labute approximate surface area is 132 Å². The van der Waals surface area contributed by atoms with E-state index in [-0.39, 0.29) is 6.04 Å². The van der Waals surface area contributed by atoms with Crippen molar-refractivity contribution in [2.45, 2.75) is 33.4 Å². The number of hydrogen-bond acceptors (Lipinski definition) is 3. The van der Waals surface area contributed by atoms with Crippen LogP contribution in [0.1, 0.15) is 35.5 Å². The number of aromatic nitrogens is 2. The molecule has 4 heteroatoms. The molecule has 1 aromatic carbocycles. The first-order valence-corrected chi connectivity index (χ1v) is 7.59. The summed E-state index contributed by atoms with van der Waals surface area (Å²) in [7, 11) is 1.99. The zero-order valence-corrected chi connectivity index (χ0v) is 13.9. The summed E-state index contributed by atoms with van der Waals surface area (Å²) in [6, 6.07) is 8.42. The van der Waals surface area contributed by atoms with Crippen molar-refractivity contribution in [2.75, 3.05) is 6.61 Å². The molecular formula is C18H25N3O. The van der Waals surface area contributed by atoms with Gasteiger partial charge < -0.3 is 10.1 Å². The Morgan fingerprint density at radius 2 is 2.00 bits per heavy atom. The maximum Gasteiger partial charge on any atom is 0.119 e. The minimum absolute atomic E-state index is 0.269. The van der Waals surface area contributed by atoms with Crippen molar-refractivity contribution >= 4 is 0 Å². The van der Waals surface area contributed by atoms with Crippen LogP contribution in [0.3, 0.4) is 0 Å². The second-order valence-electron chi connectivity index (χ2n) is 5.55. The summed E-state index contributed by atoms with van der Waals surface area (Å²) < 4.78 is 7.43. The smallest absolute Gasteiger partial charge is 0.119 e. The highest BCUT2D eigenvalue weighted by molar-refractivity contribution is 5.29. The molecule has 0 spiro atoms. The lowest BCUT2D eigenvalue weighted by atomic mass is 10.1. The summed E-state index contributed by atoms with van der Waals surface area (Å²) in [5.74, 6) is 0.871. The SMILES string of the molecule is C=CCOc1ccc(CN[C@@H](C)c2c(C)nn(C)c2C)cc1. The van der Waals surface area contributed by atoms with Gasteiger partial charge in [-0.05, 0) is 38.5 Å².